The second-order valence-electron chi connectivity index (χ2n) is 10.3. The van der Waals surface area contributed by atoms with Gasteiger partial charge in [-0.2, -0.15) is 0 Å². The lowest BCUT2D eigenvalue weighted by molar-refractivity contribution is 0.0254. The first-order valence-corrected chi connectivity index (χ1v) is 14.2. The van der Waals surface area contributed by atoms with Crippen LogP contribution in [0.15, 0.2) is 72.8 Å². The number of benzene rings is 3. The van der Waals surface area contributed by atoms with Crippen molar-refractivity contribution in [3.8, 4) is 0 Å². The summed E-state index contributed by atoms with van der Waals surface area (Å²) in [6.07, 6.45) is 3.76. The summed E-state index contributed by atoms with van der Waals surface area (Å²) >= 11 is 0. The molecule has 3 heterocycles. The first-order valence-electron chi connectivity index (χ1n) is 14.2. The number of ether oxygens (including phenoxy) is 1. The average molecular weight is 505 g/mol. The molecule has 3 aromatic carbocycles. The zero-order valence-corrected chi connectivity index (χ0v) is 22.9. The van der Waals surface area contributed by atoms with Gasteiger partial charge in [0.2, 0.25) is 0 Å². The molecule has 0 radical (unpaired) electrons. The summed E-state index contributed by atoms with van der Waals surface area (Å²) in [6.45, 7) is 10.7. The summed E-state index contributed by atoms with van der Waals surface area (Å²) in [7, 11) is 0. The fourth-order valence-electron chi connectivity index (χ4n) is 6.90. The Labute approximate surface area is 224 Å². The molecule has 0 fully saturated rings. The Kier molecular flexibility index (Phi) is 6.14. The topological polar surface area (TPSA) is 36.2 Å². The van der Waals surface area contributed by atoms with Crippen molar-refractivity contribution >= 4 is 27.8 Å². The van der Waals surface area contributed by atoms with Crippen molar-refractivity contribution < 1.29 is 9.53 Å². The van der Waals surface area contributed by atoms with Gasteiger partial charge in [0.1, 0.15) is 0 Å². The second-order valence-corrected chi connectivity index (χ2v) is 10.3. The Morgan fingerprint density at radius 2 is 1.13 bits per heavy atom. The van der Waals surface area contributed by atoms with Crippen molar-refractivity contribution in [1.82, 2.24) is 9.13 Å². The van der Waals surface area contributed by atoms with E-state index in [0.717, 1.165) is 66.2 Å². The molecular formula is C34H36N2O2. The molecule has 0 bridgehead atoms. The highest BCUT2D eigenvalue weighted by atomic mass is 16.6. The molecule has 0 atom stereocenters. The van der Waals surface area contributed by atoms with Gasteiger partial charge < -0.3 is 13.9 Å². The first kappa shape index (κ1) is 24.5. The van der Waals surface area contributed by atoms with Crippen LogP contribution in [0.3, 0.4) is 0 Å². The third-order valence-corrected chi connectivity index (χ3v) is 8.20. The average Bonchev–Trinajstić information content (AvgIpc) is 3.55. The maximum Gasteiger partial charge on any atom is 0.340 e. The molecule has 0 amide bonds. The van der Waals surface area contributed by atoms with E-state index >= 15 is 0 Å². The number of esters is 1. The number of hydrogen-bond donors (Lipinski definition) is 0. The number of nitrogens with zero attached hydrogens (tertiary/aromatic N) is 2. The maximum atomic E-state index is 13.7. The molecule has 0 spiro atoms. The molecule has 0 unspecified atom stereocenters. The number of carbonyl (C=O) groups excluding carboxylic acids is 1. The number of rotatable bonds is 8. The number of carbonyl (C=O) groups is 1. The van der Waals surface area contributed by atoms with Gasteiger partial charge in [-0.25, -0.2) is 4.79 Å². The zero-order chi connectivity index (χ0) is 26.4. The number of hydrogen-bond acceptors (Lipinski definition) is 2. The molecule has 194 valence electrons. The van der Waals surface area contributed by atoms with Gasteiger partial charge in [-0.15, -0.1) is 0 Å². The monoisotopic (exact) mass is 504 g/mol. The lowest BCUT2D eigenvalue weighted by Crippen LogP contribution is -2.32. The van der Waals surface area contributed by atoms with Gasteiger partial charge in [-0.1, -0.05) is 82.3 Å². The summed E-state index contributed by atoms with van der Waals surface area (Å²) in [6, 6.07) is 25.3. The smallest absolute Gasteiger partial charge is 0.340 e. The van der Waals surface area contributed by atoms with Crippen molar-refractivity contribution in [3.05, 3.63) is 106 Å². The van der Waals surface area contributed by atoms with Gasteiger partial charge in [0.05, 0.1) is 5.56 Å². The summed E-state index contributed by atoms with van der Waals surface area (Å²) < 4.78 is 11.7. The van der Waals surface area contributed by atoms with Crippen molar-refractivity contribution in [2.45, 2.75) is 72.1 Å². The van der Waals surface area contributed by atoms with Gasteiger partial charge in [0.15, 0.2) is 5.60 Å². The van der Waals surface area contributed by atoms with Crippen LogP contribution in [0.5, 0.6) is 0 Å². The molecule has 5 aromatic rings. The number of aryl methyl sites for hydroxylation is 2. The molecule has 4 heteroatoms. The van der Waals surface area contributed by atoms with E-state index in [1.165, 1.54) is 22.4 Å². The molecule has 0 saturated carbocycles. The molecular weight excluding hydrogens is 468 g/mol. The van der Waals surface area contributed by atoms with E-state index < -0.39 is 5.60 Å². The number of fused-ring (bicyclic) bond motifs is 3. The molecule has 0 saturated heterocycles. The largest absolute Gasteiger partial charge is 0.440 e. The molecule has 1 aliphatic rings. The van der Waals surface area contributed by atoms with Crippen LogP contribution in [0, 0.1) is 0 Å². The third-order valence-electron chi connectivity index (χ3n) is 8.20. The van der Waals surface area contributed by atoms with Crippen LogP contribution >= 0.6 is 0 Å². The molecule has 2 aromatic heterocycles. The highest BCUT2D eigenvalue weighted by Crippen LogP contribution is 2.54. The molecule has 0 N–H and O–H groups in total. The van der Waals surface area contributed by atoms with Crippen molar-refractivity contribution in [3.63, 3.8) is 0 Å². The van der Waals surface area contributed by atoms with Gasteiger partial charge >= 0.3 is 5.97 Å². The predicted octanol–water partition coefficient (Wildman–Crippen LogP) is 8.00. The quantitative estimate of drug-likeness (QED) is 0.201. The Morgan fingerprint density at radius 1 is 0.658 bits per heavy atom. The molecule has 1 aliphatic heterocycles. The fraction of sp³-hybridized carbons (Fsp3) is 0.324. The standard InChI is InChI=1S/C34H36N2O2/c1-5-21-35-27(7-3)31(24-16-10-13-19-29(24)35)34(26-18-12-9-15-23(26)33(37)38-34)32-25-17-11-14-20-30(25)36(22-6-2)28(32)8-4/h9-20H,5-8,21-22H2,1-4H3. The van der Waals surface area contributed by atoms with E-state index in [4.69, 9.17) is 4.74 Å². The molecule has 4 nitrogen and oxygen atoms in total. The summed E-state index contributed by atoms with van der Waals surface area (Å²) in [4.78, 5) is 13.7. The minimum absolute atomic E-state index is 0.246. The molecule has 0 aliphatic carbocycles. The normalized spacial score (nSPS) is 14.4. The Balaban J connectivity index is 1.86. The maximum absolute atomic E-state index is 13.7. The Hall–Kier alpha value is -3.79. The fourth-order valence-corrected chi connectivity index (χ4v) is 6.90. The van der Waals surface area contributed by atoms with Gasteiger partial charge in [0, 0.05) is 63.0 Å². The van der Waals surface area contributed by atoms with Crippen LogP contribution in [-0.2, 0) is 36.3 Å². The summed E-state index contributed by atoms with van der Waals surface area (Å²) in [5, 5.41) is 2.33. The van der Waals surface area contributed by atoms with E-state index in [9.17, 15) is 4.79 Å². The lowest BCUT2D eigenvalue weighted by atomic mass is 9.76. The zero-order valence-electron chi connectivity index (χ0n) is 22.9. The summed E-state index contributed by atoms with van der Waals surface area (Å²) in [5.41, 5.74) is 7.73. The minimum Gasteiger partial charge on any atom is -0.440 e. The van der Waals surface area contributed by atoms with Crippen LogP contribution < -0.4 is 0 Å². The van der Waals surface area contributed by atoms with Crippen molar-refractivity contribution in [2.75, 3.05) is 0 Å². The Morgan fingerprint density at radius 3 is 1.63 bits per heavy atom. The van der Waals surface area contributed by atoms with Crippen LogP contribution in [0.25, 0.3) is 21.8 Å². The van der Waals surface area contributed by atoms with E-state index in [1.807, 2.05) is 18.2 Å². The highest BCUT2D eigenvalue weighted by molar-refractivity contribution is 6.01. The van der Waals surface area contributed by atoms with E-state index in [0.29, 0.717) is 5.56 Å². The number of cyclic esters (lactones) is 1. The molecule has 6 rings (SSSR count). The van der Waals surface area contributed by atoms with Crippen molar-refractivity contribution in [1.29, 1.82) is 0 Å². The van der Waals surface area contributed by atoms with Crippen molar-refractivity contribution in [2.24, 2.45) is 0 Å². The first-order chi connectivity index (χ1) is 18.6. The highest BCUT2D eigenvalue weighted by Gasteiger charge is 2.53. The predicted molar refractivity (Wildman–Crippen MR) is 155 cm³/mol. The van der Waals surface area contributed by atoms with Gasteiger partial charge in [-0.3, -0.25) is 0 Å². The van der Waals surface area contributed by atoms with Crippen LogP contribution in [0.4, 0.5) is 0 Å². The van der Waals surface area contributed by atoms with Gasteiger partial charge in [0.25, 0.3) is 0 Å². The summed E-state index contributed by atoms with van der Waals surface area (Å²) in [5.74, 6) is -0.246. The Bertz CT molecular complexity index is 1580. The SMILES string of the molecule is CCCn1c(CC)c(C2(c3c(CC)n(CCC)c4ccccc34)OC(=O)c3ccccc32)c2ccccc21. The second kappa shape index (κ2) is 9.50. The van der Waals surface area contributed by atoms with E-state index in [2.05, 4.69) is 91.4 Å². The van der Waals surface area contributed by atoms with Gasteiger partial charge in [-0.05, 0) is 43.9 Å². The van der Waals surface area contributed by atoms with Crippen LogP contribution in [-0.4, -0.2) is 15.1 Å². The van der Waals surface area contributed by atoms with Crippen LogP contribution in [0.2, 0.25) is 0 Å². The third kappa shape index (κ3) is 3.25. The van der Waals surface area contributed by atoms with E-state index in [1.54, 1.807) is 0 Å². The number of aromatic nitrogens is 2. The van der Waals surface area contributed by atoms with E-state index in [-0.39, 0.29) is 5.97 Å². The molecule has 38 heavy (non-hydrogen) atoms. The number of para-hydroxylation sites is 2. The lowest BCUT2D eigenvalue weighted by Gasteiger charge is -2.32. The minimum atomic E-state index is -1.03. The van der Waals surface area contributed by atoms with Crippen LogP contribution in [0.1, 0.15) is 79.0 Å².